The molecule has 1 aliphatic rings. The molecule has 0 amide bonds. The van der Waals surface area contributed by atoms with Gasteiger partial charge in [-0.05, 0) is 29.2 Å². The van der Waals surface area contributed by atoms with Gasteiger partial charge in [0.1, 0.15) is 5.82 Å². The molecule has 0 aromatic heterocycles. The third-order valence-corrected chi connectivity index (χ3v) is 3.75. The van der Waals surface area contributed by atoms with Gasteiger partial charge >= 0.3 is 12.1 Å². The zero-order valence-corrected chi connectivity index (χ0v) is 10.3. The molecule has 104 valence electrons. The summed E-state index contributed by atoms with van der Waals surface area (Å²) in [5.41, 5.74) is -1.88. The highest BCUT2D eigenvalue weighted by Crippen LogP contribution is 2.65. The number of hydrogen-bond acceptors (Lipinski definition) is 1. The van der Waals surface area contributed by atoms with Crippen molar-refractivity contribution in [1.29, 1.82) is 0 Å². The molecule has 1 fully saturated rings. The van der Waals surface area contributed by atoms with Gasteiger partial charge in [-0.15, -0.1) is 0 Å². The van der Waals surface area contributed by atoms with Crippen LogP contribution in [0.5, 0.6) is 0 Å². The van der Waals surface area contributed by atoms with E-state index in [2.05, 4.69) is 0 Å². The highest BCUT2D eigenvalue weighted by molar-refractivity contribution is 5.77. The van der Waals surface area contributed by atoms with Crippen molar-refractivity contribution >= 4 is 5.97 Å². The number of benzene rings is 1. The first kappa shape index (κ1) is 13.8. The summed E-state index contributed by atoms with van der Waals surface area (Å²) in [6.07, 6.45) is -4.57. The number of hydrogen-bond donors (Lipinski definition) is 1. The standard InChI is InChI=1S/C13H12F4O2/c1-12(2)9(10(12)11(18)19)7-5-6(13(15,16)17)3-4-8(7)14/h3-5,9-10H,1-2H3,(H,18,19)/t9-,10+/m1/s1. The van der Waals surface area contributed by atoms with Gasteiger partial charge in [-0.2, -0.15) is 13.2 Å². The van der Waals surface area contributed by atoms with E-state index in [1.807, 2.05) is 0 Å². The second-order valence-corrected chi connectivity index (χ2v) is 5.35. The van der Waals surface area contributed by atoms with Crippen LogP contribution in [0.25, 0.3) is 0 Å². The fourth-order valence-corrected chi connectivity index (χ4v) is 2.64. The molecule has 1 aromatic carbocycles. The van der Waals surface area contributed by atoms with Crippen molar-refractivity contribution in [2.75, 3.05) is 0 Å². The lowest BCUT2D eigenvalue weighted by Crippen LogP contribution is -2.07. The van der Waals surface area contributed by atoms with Crippen LogP contribution < -0.4 is 0 Å². The molecule has 2 rings (SSSR count). The number of halogens is 4. The lowest BCUT2D eigenvalue weighted by Gasteiger charge is -2.10. The molecule has 1 N–H and O–H groups in total. The molecule has 1 aliphatic carbocycles. The van der Waals surface area contributed by atoms with Crippen molar-refractivity contribution in [2.24, 2.45) is 11.3 Å². The van der Waals surface area contributed by atoms with Gasteiger partial charge in [0.25, 0.3) is 0 Å². The number of carbonyl (C=O) groups is 1. The molecule has 0 aliphatic heterocycles. The Kier molecular flexibility index (Phi) is 2.88. The zero-order chi connectivity index (χ0) is 14.6. The van der Waals surface area contributed by atoms with Crippen LogP contribution in [0, 0.1) is 17.2 Å². The molecule has 0 radical (unpaired) electrons. The van der Waals surface area contributed by atoms with E-state index in [4.69, 9.17) is 5.11 Å². The Balaban J connectivity index is 2.44. The second kappa shape index (κ2) is 3.95. The van der Waals surface area contributed by atoms with Crippen LogP contribution in [0.4, 0.5) is 17.6 Å². The van der Waals surface area contributed by atoms with E-state index >= 15 is 0 Å². The highest BCUT2D eigenvalue weighted by Gasteiger charge is 2.63. The van der Waals surface area contributed by atoms with E-state index in [1.54, 1.807) is 13.8 Å². The van der Waals surface area contributed by atoms with Crippen LogP contribution in [-0.2, 0) is 11.0 Å². The molecule has 1 aromatic rings. The third-order valence-electron chi connectivity index (χ3n) is 3.75. The highest BCUT2D eigenvalue weighted by atomic mass is 19.4. The van der Waals surface area contributed by atoms with E-state index in [1.165, 1.54) is 0 Å². The molecule has 2 nitrogen and oxygen atoms in total. The van der Waals surface area contributed by atoms with E-state index in [9.17, 15) is 22.4 Å². The number of carboxylic acid groups (broad SMARTS) is 1. The van der Waals surface area contributed by atoms with Crippen molar-refractivity contribution in [2.45, 2.75) is 25.9 Å². The molecule has 2 atom stereocenters. The van der Waals surface area contributed by atoms with E-state index in [0.717, 1.165) is 6.07 Å². The third kappa shape index (κ3) is 2.19. The molecule has 1 saturated carbocycles. The maximum Gasteiger partial charge on any atom is 0.416 e. The summed E-state index contributed by atoms with van der Waals surface area (Å²) < 4.78 is 51.4. The summed E-state index contributed by atoms with van der Waals surface area (Å²) in [5.74, 6) is -3.50. The Morgan fingerprint density at radius 2 is 1.89 bits per heavy atom. The minimum atomic E-state index is -4.57. The largest absolute Gasteiger partial charge is 0.481 e. The van der Waals surface area contributed by atoms with Gasteiger partial charge in [0.15, 0.2) is 0 Å². The molecule has 0 saturated heterocycles. The van der Waals surface area contributed by atoms with E-state index in [-0.39, 0.29) is 5.56 Å². The first-order chi connectivity index (χ1) is 8.56. The Morgan fingerprint density at radius 3 is 2.32 bits per heavy atom. The van der Waals surface area contributed by atoms with Crippen molar-refractivity contribution in [3.8, 4) is 0 Å². The maximum absolute atomic E-state index is 13.7. The van der Waals surface area contributed by atoms with Crippen LogP contribution in [0.3, 0.4) is 0 Å². The molecular weight excluding hydrogens is 264 g/mol. The predicted octanol–water partition coefficient (Wildman–Crippen LogP) is 3.67. The van der Waals surface area contributed by atoms with Crippen molar-refractivity contribution < 1.29 is 27.5 Å². The van der Waals surface area contributed by atoms with Crippen LogP contribution in [0.2, 0.25) is 0 Å². The quantitative estimate of drug-likeness (QED) is 0.837. The monoisotopic (exact) mass is 276 g/mol. The van der Waals surface area contributed by atoms with Crippen molar-refractivity contribution in [3.05, 3.63) is 35.1 Å². The Labute approximate surface area is 107 Å². The first-order valence-electron chi connectivity index (χ1n) is 5.66. The first-order valence-corrected chi connectivity index (χ1v) is 5.66. The fraction of sp³-hybridized carbons (Fsp3) is 0.462. The number of alkyl halides is 3. The molecule has 19 heavy (non-hydrogen) atoms. The second-order valence-electron chi connectivity index (χ2n) is 5.35. The number of aliphatic carboxylic acids is 1. The smallest absolute Gasteiger partial charge is 0.416 e. The minimum Gasteiger partial charge on any atom is -0.481 e. The van der Waals surface area contributed by atoms with Crippen LogP contribution in [0.15, 0.2) is 18.2 Å². The molecular formula is C13H12F4O2. The topological polar surface area (TPSA) is 37.3 Å². The van der Waals surface area contributed by atoms with Gasteiger partial charge in [0.05, 0.1) is 11.5 Å². The van der Waals surface area contributed by atoms with E-state index in [0.29, 0.717) is 12.1 Å². The van der Waals surface area contributed by atoms with Gasteiger partial charge in [-0.25, -0.2) is 4.39 Å². The summed E-state index contributed by atoms with van der Waals surface area (Å²) in [4.78, 5) is 11.0. The Bertz CT molecular complexity index is 534. The average Bonchev–Trinajstić information content (AvgIpc) is 2.80. The minimum absolute atomic E-state index is 0.174. The fourth-order valence-electron chi connectivity index (χ4n) is 2.64. The summed E-state index contributed by atoms with van der Waals surface area (Å²) in [7, 11) is 0. The molecule has 0 unspecified atom stereocenters. The normalized spacial score (nSPS) is 25.2. The summed E-state index contributed by atoms with van der Waals surface area (Å²) >= 11 is 0. The predicted molar refractivity (Wildman–Crippen MR) is 59.0 cm³/mol. The van der Waals surface area contributed by atoms with E-state index < -0.39 is 40.8 Å². The van der Waals surface area contributed by atoms with Crippen LogP contribution in [0.1, 0.15) is 30.9 Å². The van der Waals surface area contributed by atoms with Gasteiger partial charge in [0, 0.05) is 5.92 Å². The van der Waals surface area contributed by atoms with Crippen molar-refractivity contribution in [1.82, 2.24) is 0 Å². The van der Waals surface area contributed by atoms with Gasteiger partial charge < -0.3 is 5.11 Å². The van der Waals surface area contributed by atoms with Gasteiger partial charge in [0.2, 0.25) is 0 Å². The summed E-state index contributed by atoms with van der Waals surface area (Å²) in [6.45, 7) is 3.21. The Morgan fingerprint density at radius 1 is 1.32 bits per heavy atom. The molecule has 0 spiro atoms. The average molecular weight is 276 g/mol. The maximum atomic E-state index is 13.7. The van der Waals surface area contributed by atoms with Crippen LogP contribution in [-0.4, -0.2) is 11.1 Å². The van der Waals surface area contributed by atoms with Crippen LogP contribution >= 0.6 is 0 Å². The Hall–Kier alpha value is -1.59. The number of carboxylic acids is 1. The molecule has 6 heteroatoms. The lowest BCUT2D eigenvalue weighted by atomic mass is 10.0. The van der Waals surface area contributed by atoms with Gasteiger partial charge in [-0.3, -0.25) is 4.79 Å². The van der Waals surface area contributed by atoms with Gasteiger partial charge in [-0.1, -0.05) is 13.8 Å². The molecule has 0 bridgehead atoms. The summed E-state index contributed by atoms with van der Waals surface area (Å²) in [6, 6.07) is 2.11. The lowest BCUT2D eigenvalue weighted by molar-refractivity contribution is -0.139. The summed E-state index contributed by atoms with van der Waals surface area (Å²) in [5, 5.41) is 9.00. The van der Waals surface area contributed by atoms with Crippen molar-refractivity contribution in [3.63, 3.8) is 0 Å². The SMILES string of the molecule is CC1(C)[C@H](C(=O)O)[C@H]1c1cc(C(F)(F)F)ccc1F. The molecule has 0 heterocycles. The number of rotatable bonds is 2. The zero-order valence-electron chi connectivity index (χ0n) is 10.3.